The summed E-state index contributed by atoms with van der Waals surface area (Å²) in [4.78, 5) is 4.92. The van der Waals surface area contributed by atoms with Crippen molar-refractivity contribution < 1.29 is 0 Å². The standard InChI is InChI=1S/C81H56N2S/c1-6-23-56(24-7-1)59-41-45-68(46-42-59)82(69-47-43-60(44-48-69)57-25-8-2-9-26-57)70-51-66(52-71(54-70)83(67-34-14-5-15-35-67)78-39-20-18-36-72(78)61-29-12-4-13-30-61)75-55-76-74-38-19-21-40-79(74)84-81(76)77-53-65(50-64-31-16-17-37-73(64)80(75)77)63-33-22-32-62(49-63)58-27-10-3-11-28-58/h1-52,54-55H,53H2. The van der Waals surface area contributed by atoms with E-state index in [1.54, 1.807) is 0 Å². The number of anilines is 6. The Kier molecular flexibility index (Phi) is 13.2. The fraction of sp³-hybridized carbons (Fsp3) is 0.0123. The molecular formula is C81H56N2S. The van der Waals surface area contributed by atoms with Gasteiger partial charge in [0, 0.05) is 60.6 Å². The van der Waals surface area contributed by atoms with Gasteiger partial charge in [-0.2, -0.15) is 0 Å². The van der Waals surface area contributed by atoms with E-state index in [4.69, 9.17) is 0 Å². The number of benzene rings is 13. The van der Waals surface area contributed by atoms with Gasteiger partial charge in [-0.05, 0) is 162 Å². The third-order valence-corrected chi connectivity index (χ3v) is 17.7. The molecule has 15 rings (SSSR count). The second-order valence-corrected chi connectivity index (χ2v) is 22.6. The van der Waals surface area contributed by atoms with E-state index in [1.807, 2.05) is 11.3 Å². The summed E-state index contributed by atoms with van der Waals surface area (Å²) in [6.07, 6.45) is 3.21. The lowest BCUT2D eigenvalue weighted by atomic mass is 9.86. The van der Waals surface area contributed by atoms with Gasteiger partial charge in [0.1, 0.15) is 0 Å². The first-order valence-corrected chi connectivity index (χ1v) is 29.7. The number of allylic oxidation sites excluding steroid dienone is 1. The maximum Gasteiger partial charge on any atom is 0.0540 e. The largest absolute Gasteiger partial charge is 0.310 e. The molecule has 84 heavy (non-hydrogen) atoms. The number of fused-ring (bicyclic) bond motifs is 7. The van der Waals surface area contributed by atoms with Crippen molar-refractivity contribution in [1.29, 1.82) is 0 Å². The van der Waals surface area contributed by atoms with Gasteiger partial charge in [0.2, 0.25) is 0 Å². The average molecular weight is 1090 g/mol. The van der Waals surface area contributed by atoms with Gasteiger partial charge in [-0.3, -0.25) is 0 Å². The highest BCUT2D eigenvalue weighted by Crippen LogP contribution is 2.52. The Balaban J connectivity index is 1.02. The molecule has 0 amide bonds. The second-order valence-electron chi connectivity index (χ2n) is 21.6. The Labute approximate surface area is 495 Å². The molecule has 396 valence electrons. The van der Waals surface area contributed by atoms with Gasteiger partial charge in [0.05, 0.1) is 5.69 Å². The van der Waals surface area contributed by atoms with Gasteiger partial charge < -0.3 is 9.80 Å². The molecule has 1 aliphatic carbocycles. The first kappa shape index (κ1) is 50.4. The highest BCUT2D eigenvalue weighted by molar-refractivity contribution is 7.26. The lowest BCUT2D eigenvalue weighted by Crippen LogP contribution is -2.14. The average Bonchev–Trinajstić information content (AvgIpc) is 2.13. The number of nitrogens with zero attached hydrogens (tertiary/aromatic N) is 2. The maximum absolute atomic E-state index is 2.52. The lowest BCUT2D eigenvalue weighted by molar-refractivity contribution is 1.25. The number of hydrogen-bond acceptors (Lipinski definition) is 3. The van der Waals surface area contributed by atoms with Crippen molar-refractivity contribution in [2.75, 3.05) is 9.80 Å². The van der Waals surface area contributed by atoms with Crippen molar-refractivity contribution in [3.05, 3.63) is 338 Å². The van der Waals surface area contributed by atoms with Crippen LogP contribution in [0.2, 0.25) is 0 Å². The van der Waals surface area contributed by atoms with Crippen LogP contribution in [0.25, 0.3) is 98.6 Å². The number of para-hydroxylation sites is 2. The van der Waals surface area contributed by atoms with E-state index >= 15 is 0 Å². The minimum absolute atomic E-state index is 0.750. The van der Waals surface area contributed by atoms with Crippen molar-refractivity contribution in [1.82, 2.24) is 0 Å². The van der Waals surface area contributed by atoms with Crippen LogP contribution < -0.4 is 9.80 Å². The monoisotopic (exact) mass is 1090 g/mol. The first-order valence-electron chi connectivity index (χ1n) is 28.8. The Morgan fingerprint density at radius 1 is 0.274 bits per heavy atom. The van der Waals surface area contributed by atoms with Crippen LogP contribution in [0, 0.1) is 0 Å². The van der Waals surface area contributed by atoms with Gasteiger partial charge in [0.25, 0.3) is 0 Å². The van der Waals surface area contributed by atoms with Gasteiger partial charge in [-0.1, -0.05) is 249 Å². The molecule has 0 spiro atoms. The van der Waals surface area contributed by atoms with E-state index in [0.717, 1.165) is 57.2 Å². The van der Waals surface area contributed by atoms with E-state index in [2.05, 4.69) is 337 Å². The van der Waals surface area contributed by atoms with Crippen LogP contribution in [0.15, 0.2) is 322 Å². The molecule has 3 heteroatoms. The molecule has 13 aromatic carbocycles. The number of rotatable bonds is 12. The minimum Gasteiger partial charge on any atom is -0.310 e. The molecule has 1 aliphatic rings. The quantitative estimate of drug-likeness (QED) is 0.120. The summed E-state index contributed by atoms with van der Waals surface area (Å²) in [5.74, 6) is 0. The molecular weight excluding hydrogens is 1030 g/mol. The molecule has 0 atom stereocenters. The topological polar surface area (TPSA) is 6.48 Å². The summed E-state index contributed by atoms with van der Waals surface area (Å²) >= 11 is 1.92. The van der Waals surface area contributed by atoms with Gasteiger partial charge in [0.15, 0.2) is 0 Å². The Morgan fingerprint density at radius 3 is 1.39 bits per heavy atom. The summed E-state index contributed by atoms with van der Waals surface area (Å²) in [6.45, 7) is 0. The highest BCUT2D eigenvalue weighted by Gasteiger charge is 2.28. The molecule has 0 saturated carbocycles. The summed E-state index contributed by atoms with van der Waals surface area (Å²) < 4.78 is 2.61. The zero-order chi connectivity index (χ0) is 55.8. The third kappa shape index (κ3) is 9.57. The van der Waals surface area contributed by atoms with Crippen molar-refractivity contribution in [3.63, 3.8) is 0 Å². The molecule has 1 heterocycles. The van der Waals surface area contributed by atoms with Gasteiger partial charge in [-0.15, -0.1) is 11.3 Å². The lowest BCUT2D eigenvalue weighted by Gasteiger charge is -2.32. The zero-order valence-electron chi connectivity index (χ0n) is 46.2. The fourth-order valence-electron chi connectivity index (χ4n) is 12.5. The molecule has 0 radical (unpaired) electrons. The Morgan fingerprint density at radius 2 is 0.750 bits per heavy atom. The summed E-state index contributed by atoms with van der Waals surface area (Å²) in [6, 6.07) is 118. The predicted molar refractivity (Wildman–Crippen MR) is 359 cm³/mol. The van der Waals surface area contributed by atoms with Crippen LogP contribution in [-0.4, -0.2) is 0 Å². The first-order chi connectivity index (χ1) is 41.6. The van der Waals surface area contributed by atoms with E-state index in [9.17, 15) is 0 Å². The normalized spacial score (nSPS) is 11.8. The molecule has 0 N–H and O–H groups in total. The fourth-order valence-corrected chi connectivity index (χ4v) is 13.7. The molecule has 0 bridgehead atoms. The zero-order valence-corrected chi connectivity index (χ0v) is 47.0. The minimum atomic E-state index is 0.750. The van der Waals surface area contributed by atoms with Crippen LogP contribution in [-0.2, 0) is 6.42 Å². The van der Waals surface area contributed by atoms with E-state index in [-0.39, 0.29) is 0 Å². The number of thiophene rings is 1. The molecule has 1 aromatic heterocycles. The SMILES string of the molecule is C1=C(c2cccc(-c3ccccc3)c2)Cc2c(c(-c3cc(N(c4ccc(-c5ccccc5)cc4)c4ccc(-c5ccccc5)cc4)cc(N(c4ccccc4)c4ccccc4-c4ccccc4)c3)cc3c2sc2ccccc23)-c2ccccc21. The van der Waals surface area contributed by atoms with Crippen LogP contribution in [0.1, 0.15) is 16.7 Å². The van der Waals surface area contributed by atoms with E-state index in [1.165, 1.54) is 92.5 Å². The highest BCUT2D eigenvalue weighted by atomic mass is 32.1. The van der Waals surface area contributed by atoms with Crippen molar-refractivity contribution in [3.8, 4) is 66.8 Å². The number of hydrogen-bond donors (Lipinski definition) is 0. The van der Waals surface area contributed by atoms with Crippen LogP contribution >= 0.6 is 11.3 Å². The molecule has 14 aromatic rings. The maximum atomic E-state index is 2.52. The van der Waals surface area contributed by atoms with Crippen molar-refractivity contribution in [2.24, 2.45) is 0 Å². The summed E-state index contributed by atoms with van der Waals surface area (Å²) in [5, 5.41) is 2.54. The molecule has 0 saturated heterocycles. The van der Waals surface area contributed by atoms with Crippen molar-refractivity contribution in [2.45, 2.75) is 6.42 Å². The Bertz CT molecular complexity index is 4620. The van der Waals surface area contributed by atoms with E-state index < -0.39 is 0 Å². The van der Waals surface area contributed by atoms with Crippen LogP contribution in [0.3, 0.4) is 0 Å². The van der Waals surface area contributed by atoms with Gasteiger partial charge >= 0.3 is 0 Å². The summed E-state index contributed by atoms with van der Waals surface area (Å²) in [7, 11) is 0. The van der Waals surface area contributed by atoms with Gasteiger partial charge in [-0.25, -0.2) is 0 Å². The Hall–Kier alpha value is -10.6. The smallest absolute Gasteiger partial charge is 0.0540 e. The van der Waals surface area contributed by atoms with Crippen molar-refractivity contribution >= 4 is 77.3 Å². The molecule has 0 unspecified atom stereocenters. The van der Waals surface area contributed by atoms with Crippen LogP contribution in [0.4, 0.5) is 34.1 Å². The predicted octanol–water partition coefficient (Wildman–Crippen LogP) is 23.1. The second kappa shape index (κ2) is 22.1. The van der Waals surface area contributed by atoms with Crippen LogP contribution in [0.5, 0.6) is 0 Å². The third-order valence-electron chi connectivity index (χ3n) is 16.5. The van der Waals surface area contributed by atoms with E-state index in [0.29, 0.717) is 0 Å². The molecule has 0 fully saturated rings. The summed E-state index contributed by atoms with van der Waals surface area (Å²) in [5.41, 5.74) is 25.6. The molecule has 2 nitrogen and oxygen atoms in total. The molecule has 0 aliphatic heterocycles.